The van der Waals surface area contributed by atoms with Crippen molar-refractivity contribution < 1.29 is 0 Å². The monoisotopic (exact) mass is 318 g/mol. The van der Waals surface area contributed by atoms with Crippen molar-refractivity contribution in [3.63, 3.8) is 0 Å². The molecule has 4 rings (SSSR count). The Morgan fingerprint density at radius 2 is 1.71 bits per heavy atom. The summed E-state index contributed by atoms with van der Waals surface area (Å²) in [5.74, 6) is 0.909. The molecule has 122 valence electrons. The van der Waals surface area contributed by atoms with E-state index in [1.807, 2.05) is 6.20 Å². The summed E-state index contributed by atoms with van der Waals surface area (Å²) in [7, 11) is 0. The molecule has 2 heterocycles. The maximum absolute atomic E-state index is 4.33. The number of H-pyrrole nitrogens is 1. The molecule has 1 aliphatic heterocycles. The van der Waals surface area contributed by atoms with Crippen molar-refractivity contribution in [2.75, 3.05) is 26.2 Å². The maximum atomic E-state index is 4.33. The molecule has 1 aromatic heterocycles. The lowest BCUT2D eigenvalue weighted by molar-refractivity contribution is 0.233. The lowest BCUT2D eigenvalue weighted by atomic mass is 10.0. The van der Waals surface area contributed by atoms with Gasteiger partial charge in [-0.05, 0) is 22.8 Å². The number of hydrogen-bond donors (Lipinski definition) is 2. The van der Waals surface area contributed by atoms with Gasteiger partial charge >= 0.3 is 0 Å². The molecule has 1 aliphatic rings. The highest BCUT2D eigenvalue weighted by molar-refractivity contribution is 5.70. The summed E-state index contributed by atoms with van der Waals surface area (Å²) in [5.41, 5.74) is 4.95. The van der Waals surface area contributed by atoms with Gasteiger partial charge in [-0.15, -0.1) is 0 Å². The molecule has 0 amide bonds. The highest BCUT2D eigenvalue weighted by Crippen LogP contribution is 2.25. The number of aromatic amines is 1. The van der Waals surface area contributed by atoms with E-state index in [1.165, 1.54) is 16.7 Å². The first-order valence-electron chi connectivity index (χ1n) is 8.51. The van der Waals surface area contributed by atoms with Crippen molar-refractivity contribution in [1.29, 1.82) is 0 Å². The Morgan fingerprint density at radius 1 is 0.917 bits per heavy atom. The minimum atomic E-state index is 0.909. The molecule has 1 saturated heterocycles. The SMILES string of the molecule is c1cc(-c2ccc(CN3CCNCC3)cc2)cc(-c2ncc[nH]2)c1. The lowest BCUT2D eigenvalue weighted by Crippen LogP contribution is -2.42. The summed E-state index contributed by atoms with van der Waals surface area (Å²) in [6, 6.07) is 17.4. The third-order valence-electron chi connectivity index (χ3n) is 4.54. The Balaban J connectivity index is 1.51. The van der Waals surface area contributed by atoms with E-state index in [9.17, 15) is 0 Å². The minimum absolute atomic E-state index is 0.909. The average Bonchev–Trinajstić information content (AvgIpc) is 3.18. The number of aromatic nitrogens is 2. The molecule has 0 radical (unpaired) electrons. The first kappa shape index (κ1) is 15.1. The second-order valence-electron chi connectivity index (χ2n) is 6.24. The number of rotatable bonds is 4. The zero-order valence-electron chi connectivity index (χ0n) is 13.7. The van der Waals surface area contributed by atoms with Crippen LogP contribution in [0.5, 0.6) is 0 Å². The summed E-state index contributed by atoms with van der Waals surface area (Å²) in [6.45, 7) is 5.49. The number of imidazole rings is 1. The Morgan fingerprint density at radius 3 is 2.46 bits per heavy atom. The standard InChI is InChI=1S/C20H22N4/c1-2-18(14-19(3-1)20-22-8-9-23-20)17-6-4-16(5-7-17)15-24-12-10-21-11-13-24/h1-9,14,21H,10-13,15H2,(H,22,23). The van der Waals surface area contributed by atoms with Crippen LogP contribution in [-0.4, -0.2) is 41.0 Å². The van der Waals surface area contributed by atoms with Crippen LogP contribution in [-0.2, 0) is 6.54 Å². The van der Waals surface area contributed by atoms with E-state index in [4.69, 9.17) is 0 Å². The molecule has 3 aromatic rings. The molecule has 0 atom stereocenters. The molecule has 0 saturated carbocycles. The first-order valence-corrected chi connectivity index (χ1v) is 8.51. The van der Waals surface area contributed by atoms with Gasteiger partial charge in [0, 0.05) is 50.7 Å². The Kier molecular flexibility index (Phi) is 4.40. The van der Waals surface area contributed by atoms with Crippen molar-refractivity contribution in [2.45, 2.75) is 6.54 Å². The van der Waals surface area contributed by atoms with Crippen LogP contribution in [0, 0.1) is 0 Å². The van der Waals surface area contributed by atoms with Crippen LogP contribution in [0.25, 0.3) is 22.5 Å². The number of nitrogens with zero attached hydrogens (tertiary/aromatic N) is 2. The van der Waals surface area contributed by atoms with Gasteiger partial charge < -0.3 is 10.3 Å². The third kappa shape index (κ3) is 3.40. The number of piperazine rings is 1. The van der Waals surface area contributed by atoms with Crippen LogP contribution >= 0.6 is 0 Å². The Labute approximate surface area is 142 Å². The van der Waals surface area contributed by atoms with Gasteiger partial charge in [-0.1, -0.05) is 42.5 Å². The molecule has 0 unspecified atom stereocenters. The van der Waals surface area contributed by atoms with Crippen LogP contribution < -0.4 is 5.32 Å². The van der Waals surface area contributed by atoms with Gasteiger partial charge in [0.15, 0.2) is 0 Å². The lowest BCUT2D eigenvalue weighted by Gasteiger charge is -2.27. The maximum Gasteiger partial charge on any atom is 0.137 e. The van der Waals surface area contributed by atoms with Gasteiger partial charge in [-0.2, -0.15) is 0 Å². The molecule has 4 nitrogen and oxygen atoms in total. The van der Waals surface area contributed by atoms with Gasteiger partial charge in [0.1, 0.15) is 5.82 Å². The van der Waals surface area contributed by atoms with Gasteiger partial charge in [-0.25, -0.2) is 4.98 Å². The summed E-state index contributed by atoms with van der Waals surface area (Å²) >= 11 is 0. The van der Waals surface area contributed by atoms with Crippen molar-refractivity contribution in [1.82, 2.24) is 20.2 Å². The zero-order chi connectivity index (χ0) is 16.2. The quantitative estimate of drug-likeness (QED) is 0.777. The molecule has 4 heteroatoms. The molecular weight excluding hydrogens is 296 g/mol. The normalized spacial score (nSPS) is 15.5. The predicted molar refractivity (Wildman–Crippen MR) is 97.6 cm³/mol. The smallest absolute Gasteiger partial charge is 0.137 e. The fraction of sp³-hybridized carbons (Fsp3) is 0.250. The van der Waals surface area contributed by atoms with Gasteiger partial charge in [-0.3, -0.25) is 4.90 Å². The van der Waals surface area contributed by atoms with Crippen LogP contribution in [0.4, 0.5) is 0 Å². The van der Waals surface area contributed by atoms with E-state index >= 15 is 0 Å². The van der Waals surface area contributed by atoms with E-state index in [0.717, 1.165) is 44.1 Å². The first-order chi connectivity index (χ1) is 11.9. The number of hydrogen-bond acceptors (Lipinski definition) is 3. The molecule has 2 aromatic carbocycles. The summed E-state index contributed by atoms with van der Waals surface area (Å²) in [6.07, 6.45) is 3.64. The minimum Gasteiger partial charge on any atom is -0.345 e. The van der Waals surface area contributed by atoms with Gasteiger partial charge in [0.2, 0.25) is 0 Å². The Hall–Kier alpha value is -2.43. The van der Waals surface area contributed by atoms with Crippen molar-refractivity contribution in [3.05, 3.63) is 66.5 Å². The van der Waals surface area contributed by atoms with E-state index < -0.39 is 0 Å². The topological polar surface area (TPSA) is 44.0 Å². The van der Waals surface area contributed by atoms with Crippen molar-refractivity contribution in [3.8, 4) is 22.5 Å². The summed E-state index contributed by atoms with van der Waals surface area (Å²) in [5, 5.41) is 3.40. The second-order valence-corrected chi connectivity index (χ2v) is 6.24. The summed E-state index contributed by atoms with van der Waals surface area (Å²) in [4.78, 5) is 10.0. The van der Waals surface area contributed by atoms with E-state index in [1.54, 1.807) is 6.20 Å². The molecule has 1 fully saturated rings. The largest absolute Gasteiger partial charge is 0.345 e. The highest BCUT2D eigenvalue weighted by Gasteiger charge is 2.10. The van der Waals surface area contributed by atoms with Crippen LogP contribution in [0.2, 0.25) is 0 Å². The number of nitrogens with one attached hydrogen (secondary N) is 2. The molecule has 24 heavy (non-hydrogen) atoms. The van der Waals surface area contributed by atoms with Crippen LogP contribution in [0.1, 0.15) is 5.56 Å². The molecule has 0 bridgehead atoms. The van der Waals surface area contributed by atoms with Crippen molar-refractivity contribution >= 4 is 0 Å². The van der Waals surface area contributed by atoms with Gasteiger partial charge in [0.05, 0.1) is 0 Å². The zero-order valence-corrected chi connectivity index (χ0v) is 13.7. The fourth-order valence-corrected chi connectivity index (χ4v) is 3.20. The van der Waals surface area contributed by atoms with E-state index in [2.05, 4.69) is 68.7 Å². The van der Waals surface area contributed by atoms with Gasteiger partial charge in [0.25, 0.3) is 0 Å². The molecule has 0 aliphatic carbocycles. The predicted octanol–water partition coefficient (Wildman–Crippen LogP) is 3.15. The van der Waals surface area contributed by atoms with Crippen LogP contribution in [0.3, 0.4) is 0 Å². The van der Waals surface area contributed by atoms with E-state index in [-0.39, 0.29) is 0 Å². The highest BCUT2D eigenvalue weighted by atomic mass is 15.2. The molecule has 2 N–H and O–H groups in total. The number of benzene rings is 2. The fourth-order valence-electron chi connectivity index (χ4n) is 3.20. The van der Waals surface area contributed by atoms with Crippen molar-refractivity contribution in [2.24, 2.45) is 0 Å². The van der Waals surface area contributed by atoms with Crippen LogP contribution in [0.15, 0.2) is 60.9 Å². The van der Waals surface area contributed by atoms with E-state index in [0.29, 0.717) is 0 Å². The molecule has 0 spiro atoms. The Bertz CT molecular complexity index is 772. The average molecular weight is 318 g/mol. The second kappa shape index (κ2) is 6.99. The molecular formula is C20H22N4. The third-order valence-corrected chi connectivity index (χ3v) is 4.54. The summed E-state index contributed by atoms with van der Waals surface area (Å²) < 4.78 is 0.